The van der Waals surface area contributed by atoms with E-state index in [0.717, 1.165) is 32.2 Å². The van der Waals surface area contributed by atoms with Crippen molar-refractivity contribution in [3.63, 3.8) is 0 Å². The van der Waals surface area contributed by atoms with Gasteiger partial charge in [-0.2, -0.15) is 5.10 Å². The number of rotatable bonds is 5. The molecule has 0 saturated heterocycles. The Morgan fingerprint density at radius 1 is 1.56 bits per heavy atom. The first-order valence-corrected chi connectivity index (χ1v) is 6.02. The van der Waals surface area contributed by atoms with Gasteiger partial charge in [-0.05, 0) is 32.6 Å². The molecule has 2 N–H and O–H groups in total. The Morgan fingerprint density at radius 2 is 2.44 bits per heavy atom. The van der Waals surface area contributed by atoms with Crippen LogP contribution in [0.4, 0.5) is 0 Å². The molecule has 0 aliphatic heterocycles. The number of aliphatic hydroxyl groups is 1. The van der Waals surface area contributed by atoms with E-state index in [1.54, 1.807) is 12.7 Å². The number of aryl methyl sites for hydroxylation is 1. The van der Waals surface area contributed by atoms with Crippen LogP contribution in [0.25, 0.3) is 0 Å². The zero-order valence-corrected chi connectivity index (χ0v) is 9.71. The quantitative estimate of drug-likeness (QED) is 0.767. The van der Waals surface area contributed by atoms with Gasteiger partial charge in [0.05, 0.1) is 6.10 Å². The summed E-state index contributed by atoms with van der Waals surface area (Å²) in [4.78, 5) is 3.91. The maximum absolute atomic E-state index is 9.70. The van der Waals surface area contributed by atoms with Crippen LogP contribution in [0.2, 0.25) is 0 Å². The largest absolute Gasteiger partial charge is 0.392 e. The predicted octanol–water partition coefficient (Wildman–Crippen LogP) is 0.560. The normalized spacial score (nSPS) is 27.1. The molecule has 16 heavy (non-hydrogen) atoms. The first-order chi connectivity index (χ1) is 7.75. The second kappa shape index (κ2) is 5.41. The maximum atomic E-state index is 9.70. The summed E-state index contributed by atoms with van der Waals surface area (Å²) in [6.07, 6.45) is 7.30. The van der Waals surface area contributed by atoms with E-state index in [0.29, 0.717) is 6.04 Å². The third-order valence-electron chi connectivity index (χ3n) is 3.24. The minimum atomic E-state index is -0.158. The highest BCUT2D eigenvalue weighted by atomic mass is 16.3. The molecule has 0 radical (unpaired) electrons. The maximum Gasteiger partial charge on any atom is 0.137 e. The lowest BCUT2D eigenvalue weighted by molar-refractivity contribution is 0.142. The van der Waals surface area contributed by atoms with Crippen molar-refractivity contribution in [2.45, 2.75) is 57.3 Å². The highest BCUT2D eigenvalue weighted by molar-refractivity contribution is 4.84. The van der Waals surface area contributed by atoms with Gasteiger partial charge >= 0.3 is 0 Å². The second-order valence-electron chi connectivity index (χ2n) is 4.62. The Balaban J connectivity index is 1.70. The Bertz CT molecular complexity index is 301. The smallest absolute Gasteiger partial charge is 0.137 e. The number of hydrogen-bond donors (Lipinski definition) is 2. The fourth-order valence-corrected chi connectivity index (χ4v) is 2.26. The van der Waals surface area contributed by atoms with Crippen molar-refractivity contribution < 1.29 is 5.11 Å². The van der Waals surface area contributed by atoms with E-state index in [9.17, 15) is 5.11 Å². The molecule has 1 aromatic heterocycles. The fourth-order valence-electron chi connectivity index (χ4n) is 2.26. The van der Waals surface area contributed by atoms with Gasteiger partial charge in [-0.15, -0.1) is 0 Å². The van der Waals surface area contributed by atoms with Gasteiger partial charge in [-0.25, -0.2) is 4.98 Å². The van der Waals surface area contributed by atoms with Gasteiger partial charge in [0.25, 0.3) is 0 Å². The summed E-state index contributed by atoms with van der Waals surface area (Å²) in [6.45, 7) is 3.03. The van der Waals surface area contributed by atoms with E-state index in [1.807, 2.05) is 4.68 Å². The van der Waals surface area contributed by atoms with E-state index in [2.05, 4.69) is 22.3 Å². The van der Waals surface area contributed by atoms with E-state index in [-0.39, 0.29) is 12.1 Å². The van der Waals surface area contributed by atoms with Crippen LogP contribution < -0.4 is 5.32 Å². The fraction of sp³-hybridized carbons (Fsp3) is 0.818. The van der Waals surface area contributed by atoms with Crippen LogP contribution in [0, 0.1) is 0 Å². The lowest BCUT2D eigenvalue weighted by Gasteiger charge is -2.21. The van der Waals surface area contributed by atoms with Gasteiger partial charge in [0.2, 0.25) is 0 Å². The van der Waals surface area contributed by atoms with Gasteiger partial charge in [-0.3, -0.25) is 4.68 Å². The minimum Gasteiger partial charge on any atom is -0.392 e. The summed E-state index contributed by atoms with van der Waals surface area (Å²) < 4.78 is 1.84. The van der Waals surface area contributed by atoms with Crippen molar-refractivity contribution >= 4 is 0 Å². The van der Waals surface area contributed by atoms with Crippen LogP contribution in [0.1, 0.15) is 32.6 Å². The molecule has 5 nitrogen and oxygen atoms in total. The van der Waals surface area contributed by atoms with Gasteiger partial charge in [0.1, 0.15) is 12.7 Å². The summed E-state index contributed by atoms with van der Waals surface area (Å²) in [7, 11) is 0. The number of hydrogen-bond acceptors (Lipinski definition) is 4. The molecule has 1 fully saturated rings. The highest BCUT2D eigenvalue weighted by Gasteiger charge is 2.25. The zero-order chi connectivity index (χ0) is 11.4. The highest BCUT2D eigenvalue weighted by Crippen LogP contribution is 2.19. The van der Waals surface area contributed by atoms with Crippen molar-refractivity contribution in [1.29, 1.82) is 0 Å². The third-order valence-corrected chi connectivity index (χ3v) is 3.24. The van der Waals surface area contributed by atoms with Gasteiger partial charge in [-0.1, -0.05) is 0 Å². The molecule has 0 bridgehead atoms. The number of nitrogens with one attached hydrogen (secondary N) is 1. The first-order valence-electron chi connectivity index (χ1n) is 6.02. The SMILES string of the molecule is CC(CCn1cncn1)NC1CCCC1O. The summed E-state index contributed by atoms with van der Waals surface area (Å²) >= 11 is 0. The molecule has 90 valence electrons. The lowest BCUT2D eigenvalue weighted by atomic mass is 10.1. The Hall–Kier alpha value is -0.940. The average Bonchev–Trinajstić information content (AvgIpc) is 2.88. The molecule has 0 aromatic carbocycles. The van der Waals surface area contributed by atoms with Crippen LogP contribution in [0.15, 0.2) is 12.7 Å². The average molecular weight is 224 g/mol. The molecule has 3 unspecified atom stereocenters. The monoisotopic (exact) mass is 224 g/mol. The molecular formula is C11H20N4O. The molecule has 1 aliphatic carbocycles. The number of aromatic nitrogens is 3. The summed E-state index contributed by atoms with van der Waals surface area (Å²) in [5, 5.41) is 17.2. The van der Waals surface area contributed by atoms with E-state index < -0.39 is 0 Å². The second-order valence-corrected chi connectivity index (χ2v) is 4.62. The summed E-state index contributed by atoms with van der Waals surface area (Å²) in [5.74, 6) is 0. The van der Waals surface area contributed by atoms with Crippen LogP contribution >= 0.6 is 0 Å². The molecule has 0 spiro atoms. The van der Waals surface area contributed by atoms with Gasteiger partial charge < -0.3 is 10.4 Å². The standard InChI is InChI=1S/C11H20N4O/c1-9(5-6-15-8-12-7-13-15)14-10-3-2-4-11(10)16/h7-11,14,16H,2-6H2,1H3. The minimum absolute atomic E-state index is 0.158. The molecule has 1 aliphatic rings. The van der Waals surface area contributed by atoms with E-state index in [1.165, 1.54) is 0 Å². The zero-order valence-electron chi connectivity index (χ0n) is 9.71. The van der Waals surface area contributed by atoms with Gasteiger partial charge in [0.15, 0.2) is 0 Å². The Morgan fingerprint density at radius 3 is 3.06 bits per heavy atom. The van der Waals surface area contributed by atoms with Crippen LogP contribution in [-0.2, 0) is 6.54 Å². The molecule has 3 atom stereocenters. The Labute approximate surface area is 95.9 Å². The molecule has 2 rings (SSSR count). The van der Waals surface area contributed by atoms with Crippen molar-refractivity contribution in [3.05, 3.63) is 12.7 Å². The molecule has 1 saturated carbocycles. The molecule has 0 amide bonds. The van der Waals surface area contributed by atoms with Crippen molar-refractivity contribution in [2.75, 3.05) is 0 Å². The topological polar surface area (TPSA) is 63.0 Å². The molecular weight excluding hydrogens is 204 g/mol. The van der Waals surface area contributed by atoms with Crippen LogP contribution in [0.5, 0.6) is 0 Å². The molecule has 1 aromatic rings. The predicted molar refractivity (Wildman–Crippen MR) is 60.9 cm³/mol. The number of aliphatic hydroxyl groups excluding tert-OH is 1. The van der Waals surface area contributed by atoms with Crippen molar-refractivity contribution in [3.8, 4) is 0 Å². The van der Waals surface area contributed by atoms with Crippen molar-refractivity contribution in [2.24, 2.45) is 0 Å². The summed E-state index contributed by atoms with van der Waals surface area (Å²) in [6, 6.07) is 0.688. The Kier molecular flexibility index (Phi) is 3.90. The lowest BCUT2D eigenvalue weighted by Crippen LogP contribution is -2.41. The first kappa shape index (κ1) is 11.5. The number of nitrogens with zero attached hydrogens (tertiary/aromatic N) is 3. The van der Waals surface area contributed by atoms with E-state index >= 15 is 0 Å². The van der Waals surface area contributed by atoms with Gasteiger partial charge in [0, 0.05) is 18.6 Å². The van der Waals surface area contributed by atoms with Crippen LogP contribution in [-0.4, -0.2) is 38.1 Å². The van der Waals surface area contributed by atoms with Crippen LogP contribution in [0.3, 0.4) is 0 Å². The summed E-state index contributed by atoms with van der Waals surface area (Å²) in [5.41, 5.74) is 0. The van der Waals surface area contributed by atoms with E-state index in [4.69, 9.17) is 0 Å². The third kappa shape index (κ3) is 3.02. The molecule has 1 heterocycles. The van der Waals surface area contributed by atoms with Crippen molar-refractivity contribution in [1.82, 2.24) is 20.1 Å². The molecule has 5 heteroatoms.